The number of hydrogen-bond acceptors (Lipinski definition) is 1. The van der Waals surface area contributed by atoms with Gasteiger partial charge in [0, 0.05) is 10.5 Å². The standard InChI is InChI=1S/C12H15BrFN/c1-12(4-5-12)11(15)6-8-2-3-9(13)7-10(8)14/h2-3,7,11H,4-6,15H2,1H3. The smallest absolute Gasteiger partial charge is 0.127 e. The summed E-state index contributed by atoms with van der Waals surface area (Å²) >= 11 is 3.24. The van der Waals surface area contributed by atoms with Crippen LogP contribution in [0.15, 0.2) is 22.7 Å². The van der Waals surface area contributed by atoms with Crippen molar-refractivity contribution in [2.75, 3.05) is 0 Å². The molecule has 1 aromatic rings. The average Bonchev–Trinajstić information content (AvgIpc) is 2.90. The van der Waals surface area contributed by atoms with Crippen molar-refractivity contribution in [3.05, 3.63) is 34.1 Å². The van der Waals surface area contributed by atoms with E-state index in [0.29, 0.717) is 6.42 Å². The summed E-state index contributed by atoms with van der Waals surface area (Å²) in [7, 11) is 0. The number of rotatable bonds is 3. The molecule has 1 aromatic carbocycles. The van der Waals surface area contributed by atoms with Crippen LogP contribution in [-0.4, -0.2) is 6.04 Å². The highest BCUT2D eigenvalue weighted by atomic mass is 79.9. The Bertz CT molecular complexity index is 374. The van der Waals surface area contributed by atoms with Crippen molar-refractivity contribution in [2.24, 2.45) is 11.1 Å². The van der Waals surface area contributed by atoms with E-state index in [1.54, 1.807) is 0 Å². The van der Waals surface area contributed by atoms with Gasteiger partial charge >= 0.3 is 0 Å². The molecule has 0 spiro atoms. The molecule has 1 aliphatic carbocycles. The molecule has 0 saturated heterocycles. The van der Waals surface area contributed by atoms with E-state index in [2.05, 4.69) is 22.9 Å². The van der Waals surface area contributed by atoms with Gasteiger partial charge in [0.2, 0.25) is 0 Å². The van der Waals surface area contributed by atoms with Crippen LogP contribution < -0.4 is 5.73 Å². The number of hydrogen-bond donors (Lipinski definition) is 1. The van der Waals surface area contributed by atoms with Crippen molar-refractivity contribution in [1.82, 2.24) is 0 Å². The fourth-order valence-electron chi connectivity index (χ4n) is 1.74. The van der Waals surface area contributed by atoms with Crippen LogP contribution in [-0.2, 0) is 6.42 Å². The van der Waals surface area contributed by atoms with E-state index in [4.69, 9.17) is 5.73 Å². The van der Waals surface area contributed by atoms with Crippen molar-refractivity contribution >= 4 is 15.9 Å². The molecule has 1 nitrogen and oxygen atoms in total. The normalized spacial score (nSPS) is 20.0. The van der Waals surface area contributed by atoms with Gasteiger partial charge in [-0.1, -0.05) is 28.9 Å². The maximum Gasteiger partial charge on any atom is 0.127 e. The van der Waals surface area contributed by atoms with Crippen LogP contribution in [0, 0.1) is 11.2 Å². The molecule has 0 amide bonds. The van der Waals surface area contributed by atoms with Gasteiger partial charge in [-0.25, -0.2) is 4.39 Å². The molecule has 0 aliphatic heterocycles. The minimum absolute atomic E-state index is 0.0770. The lowest BCUT2D eigenvalue weighted by molar-refractivity contribution is 0.427. The highest BCUT2D eigenvalue weighted by molar-refractivity contribution is 9.10. The van der Waals surface area contributed by atoms with Crippen LogP contribution in [0.2, 0.25) is 0 Å². The van der Waals surface area contributed by atoms with Crippen LogP contribution >= 0.6 is 15.9 Å². The van der Waals surface area contributed by atoms with Crippen molar-refractivity contribution in [3.8, 4) is 0 Å². The Morgan fingerprint density at radius 3 is 2.73 bits per heavy atom. The lowest BCUT2D eigenvalue weighted by atomic mass is 9.93. The van der Waals surface area contributed by atoms with Crippen molar-refractivity contribution in [3.63, 3.8) is 0 Å². The van der Waals surface area contributed by atoms with Crippen molar-refractivity contribution < 1.29 is 4.39 Å². The minimum atomic E-state index is -0.163. The Morgan fingerprint density at radius 2 is 2.20 bits per heavy atom. The fraction of sp³-hybridized carbons (Fsp3) is 0.500. The molecule has 0 aromatic heterocycles. The Kier molecular flexibility index (Phi) is 2.86. The first-order valence-corrected chi connectivity index (χ1v) is 6.00. The molecule has 1 aliphatic rings. The second-order valence-electron chi connectivity index (χ2n) is 4.70. The Balaban J connectivity index is 2.10. The molecular formula is C12H15BrFN. The predicted molar refractivity (Wildman–Crippen MR) is 63.1 cm³/mol. The second kappa shape index (κ2) is 3.87. The van der Waals surface area contributed by atoms with Gasteiger partial charge < -0.3 is 5.73 Å². The van der Waals surface area contributed by atoms with Crippen molar-refractivity contribution in [1.29, 1.82) is 0 Å². The minimum Gasteiger partial charge on any atom is -0.327 e. The maximum atomic E-state index is 13.5. The van der Waals surface area contributed by atoms with Gasteiger partial charge in [-0.3, -0.25) is 0 Å². The third kappa shape index (κ3) is 2.40. The van der Waals surface area contributed by atoms with Gasteiger partial charge in [0.05, 0.1) is 0 Å². The highest BCUT2D eigenvalue weighted by Gasteiger charge is 2.42. The lowest BCUT2D eigenvalue weighted by Gasteiger charge is -2.18. The van der Waals surface area contributed by atoms with Gasteiger partial charge in [0.15, 0.2) is 0 Å². The molecule has 82 valence electrons. The number of benzene rings is 1. The summed E-state index contributed by atoms with van der Waals surface area (Å²) in [5, 5.41) is 0. The maximum absolute atomic E-state index is 13.5. The van der Waals surface area contributed by atoms with Crippen LogP contribution in [0.5, 0.6) is 0 Å². The first kappa shape index (κ1) is 11.1. The fourth-order valence-corrected chi connectivity index (χ4v) is 2.07. The van der Waals surface area contributed by atoms with Gasteiger partial charge in [-0.05, 0) is 42.4 Å². The third-order valence-corrected chi connectivity index (χ3v) is 3.88. The zero-order chi connectivity index (χ0) is 11.1. The summed E-state index contributed by atoms with van der Waals surface area (Å²) in [6.45, 7) is 2.18. The molecule has 0 radical (unpaired) electrons. The van der Waals surface area contributed by atoms with E-state index in [1.807, 2.05) is 12.1 Å². The van der Waals surface area contributed by atoms with E-state index >= 15 is 0 Å². The molecule has 3 heteroatoms. The zero-order valence-corrected chi connectivity index (χ0v) is 10.3. The molecule has 15 heavy (non-hydrogen) atoms. The molecular weight excluding hydrogens is 257 g/mol. The van der Waals surface area contributed by atoms with Gasteiger partial charge in [-0.2, -0.15) is 0 Å². The summed E-state index contributed by atoms with van der Waals surface area (Å²) in [5.74, 6) is -0.163. The number of nitrogens with two attached hydrogens (primary N) is 1. The first-order valence-electron chi connectivity index (χ1n) is 5.21. The SMILES string of the molecule is CC1(C(N)Cc2ccc(Br)cc2F)CC1. The van der Waals surface area contributed by atoms with E-state index in [1.165, 1.54) is 18.9 Å². The Labute approximate surface area is 98.0 Å². The summed E-state index contributed by atoms with van der Waals surface area (Å²) < 4.78 is 14.3. The topological polar surface area (TPSA) is 26.0 Å². The van der Waals surface area contributed by atoms with Gasteiger partial charge in [-0.15, -0.1) is 0 Å². The largest absolute Gasteiger partial charge is 0.327 e. The van der Waals surface area contributed by atoms with E-state index in [9.17, 15) is 4.39 Å². The lowest BCUT2D eigenvalue weighted by Crippen LogP contribution is -2.32. The quantitative estimate of drug-likeness (QED) is 0.898. The molecule has 2 N–H and O–H groups in total. The molecule has 1 unspecified atom stereocenters. The van der Waals surface area contributed by atoms with Crippen LogP contribution in [0.3, 0.4) is 0 Å². The molecule has 2 rings (SSSR count). The Hall–Kier alpha value is -0.410. The molecule has 1 saturated carbocycles. The van der Waals surface area contributed by atoms with E-state index < -0.39 is 0 Å². The second-order valence-corrected chi connectivity index (χ2v) is 5.62. The van der Waals surface area contributed by atoms with Gasteiger partial charge in [0.1, 0.15) is 5.82 Å². The summed E-state index contributed by atoms with van der Waals surface area (Å²) in [6, 6.07) is 5.25. The molecule has 0 bridgehead atoms. The summed E-state index contributed by atoms with van der Waals surface area (Å²) in [5.41, 5.74) is 7.04. The van der Waals surface area contributed by atoms with Crippen LogP contribution in [0.1, 0.15) is 25.3 Å². The van der Waals surface area contributed by atoms with Gasteiger partial charge in [0.25, 0.3) is 0 Å². The first-order chi connectivity index (χ1) is 7.01. The Morgan fingerprint density at radius 1 is 1.53 bits per heavy atom. The highest BCUT2D eigenvalue weighted by Crippen LogP contribution is 2.48. The van der Waals surface area contributed by atoms with Crippen molar-refractivity contribution in [2.45, 2.75) is 32.2 Å². The van der Waals surface area contributed by atoms with Crippen LogP contribution in [0.4, 0.5) is 4.39 Å². The molecule has 1 fully saturated rings. The average molecular weight is 272 g/mol. The monoisotopic (exact) mass is 271 g/mol. The van der Waals surface area contributed by atoms with E-state index in [-0.39, 0.29) is 17.3 Å². The third-order valence-electron chi connectivity index (χ3n) is 3.39. The van der Waals surface area contributed by atoms with E-state index in [0.717, 1.165) is 10.0 Å². The number of halogens is 2. The predicted octanol–water partition coefficient (Wildman–Crippen LogP) is 3.26. The van der Waals surface area contributed by atoms with Crippen LogP contribution in [0.25, 0.3) is 0 Å². The molecule has 1 atom stereocenters. The molecule has 0 heterocycles. The zero-order valence-electron chi connectivity index (χ0n) is 8.76. The summed E-state index contributed by atoms with van der Waals surface area (Å²) in [4.78, 5) is 0. The summed E-state index contributed by atoms with van der Waals surface area (Å²) in [6.07, 6.45) is 2.98.